The van der Waals surface area contributed by atoms with E-state index in [-0.39, 0.29) is 22.3 Å². The number of hydrogen-bond acceptors (Lipinski definition) is 3. The van der Waals surface area contributed by atoms with E-state index < -0.39 is 10.0 Å². The summed E-state index contributed by atoms with van der Waals surface area (Å²) >= 11 is 11.9. The highest BCUT2D eigenvalue weighted by Gasteiger charge is 2.30. The molecule has 0 saturated carbocycles. The second kappa shape index (κ2) is 7.99. The number of piperidine rings is 1. The van der Waals surface area contributed by atoms with Gasteiger partial charge in [0.25, 0.3) is 0 Å². The van der Waals surface area contributed by atoms with Gasteiger partial charge in [-0.2, -0.15) is 4.31 Å². The van der Waals surface area contributed by atoms with Gasteiger partial charge in [-0.25, -0.2) is 8.42 Å². The summed E-state index contributed by atoms with van der Waals surface area (Å²) in [5.74, 6) is 0.529. The molecule has 0 atom stereocenters. The standard InChI is InChI=1S/C13H18Cl2N2O2S.ClH/c1-16-9-10-4-6-17(7-5-10)20(18,19)13-8-11(14)2-3-12(13)15;/h2-3,8,10,16H,4-7,9H2,1H3;1H. The second-order valence-electron chi connectivity index (χ2n) is 4.98. The van der Waals surface area contributed by atoms with Gasteiger partial charge >= 0.3 is 0 Å². The van der Waals surface area contributed by atoms with Crippen molar-refractivity contribution in [3.05, 3.63) is 28.2 Å². The Balaban J connectivity index is 0.00000220. The van der Waals surface area contributed by atoms with Crippen molar-refractivity contribution in [1.29, 1.82) is 0 Å². The molecule has 8 heteroatoms. The molecule has 120 valence electrons. The van der Waals surface area contributed by atoms with Gasteiger partial charge in [0.15, 0.2) is 0 Å². The fourth-order valence-electron chi connectivity index (χ4n) is 2.46. The molecule has 2 rings (SSSR count). The van der Waals surface area contributed by atoms with Gasteiger partial charge in [0.2, 0.25) is 10.0 Å². The van der Waals surface area contributed by atoms with Gasteiger partial charge in [-0.15, -0.1) is 12.4 Å². The fraction of sp³-hybridized carbons (Fsp3) is 0.538. The van der Waals surface area contributed by atoms with Crippen molar-refractivity contribution < 1.29 is 8.42 Å². The zero-order valence-corrected chi connectivity index (χ0v) is 14.8. The molecule has 1 heterocycles. The lowest BCUT2D eigenvalue weighted by Gasteiger charge is -2.31. The van der Waals surface area contributed by atoms with Crippen LogP contribution in [-0.4, -0.2) is 39.4 Å². The van der Waals surface area contributed by atoms with Gasteiger partial charge in [-0.1, -0.05) is 23.2 Å². The molecule has 0 aromatic heterocycles. The van der Waals surface area contributed by atoms with Gasteiger partial charge in [0, 0.05) is 18.1 Å². The topological polar surface area (TPSA) is 49.4 Å². The molecule has 1 saturated heterocycles. The van der Waals surface area contributed by atoms with Crippen LogP contribution in [0.1, 0.15) is 12.8 Å². The lowest BCUT2D eigenvalue weighted by molar-refractivity contribution is 0.270. The van der Waals surface area contributed by atoms with Crippen LogP contribution in [-0.2, 0) is 10.0 Å². The molecule has 0 aliphatic carbocycles. The van der Waals surface area contributed by atoms with Gasteiger partial charge < -0.3 is 5.32 Å². The maximum Gasteiger partial charge on any atom is 0.244 e. The number of halogens is 3. The summed E-state index contributed by atoms with van der Waals surface area (Å²) in [6.07, 6.45) is 1.72. The molecule has 1 aliphatic rings. The molecular formula is C13H19Cl3N2O2S. The lowest BCUT2D eigenvalue weighted by Crippen LogP contribution is -2.40. The summed E-state index contributed by atoms with van der Waals surface area (Å²) in [5.41, 5.74) is 0. The molecule has 1 fully saturated rings. The van der Waals surface area contributed by atoms with Crippen molar-refractivity contribution in [2.45, 2.75) is 17.7 Å². The van der Waals surface area contributed by atoms with Crippen molar-refractivity contribution in [3.8, 4) is 0 Å². The third-order valence-electron chi connectivity index (χ3n) is 3.58. The number of nitrogens with zero attached hydrogens (tertiary/aromatic N) is 1. The number of hydrogen-bond donors (Lipinski definition) is 1. The van der Waals surface area contributed by atoms with E-state index in [9.17, 15) is 8.42 Å². The zero-order valence-electron chi connectivity index (χ0n) is 11.7. The van der Waals surface area contributed by atoms with E-state index in [0.717, 1.165) is 19.4 Å². The van der Waals surface area contributed by atoms with Crippen molar-refractivity contribution >= 4 is 45.6 Å². The van der Waals surface area contributed by atoms with Crippen molar-refractivity contribution in [2.24, 2.45) is 5.92 Å². The first kappa shape index (κ1) is 19.0. The van der Waals surface area contributed by atoms with Crippen LogP contribution in [0.25, 0.3) is 0 Å². The lowest BCUT2D eigenvalue weighted by atomic mass is 9.98. The summed E-state index contributed by atoms with van der Waals surface area (Å²) in [4.78, 5) is 0.0960. The van der Waals surface area contributed by atoms with E-state index >= 15 is 0 Å². The van der Waals surface area contributed by atoms with Crippen LogP contribution in [0.15, 0.2) is 23.1 Å². The Bertz CT molecular complexity index is 573. The highest BCUT2D eigenvalue weighted by Crippen LogP contribution is 2.30. The molecule has 1 aromatic carbocycles. The quantitative estimate of drug-likeness (QED) is 0.882. The van der Waals surface area contributed by atoms with Crippen LogP contribution in [0.5, 0.6) is 0 Å². The smallest absolute Gasteiger partial charge is 0.244 e. The van der Waals surface area contributed by atoms with Crippen LogP contribution >= 0.6 is 35.6 Å². The summed E-state index contributed by atoms with van der Waals surface area (Å²) < 4.78 is 26.7. The Kier molecular flexibility index (Phi) is 7.24. The number of rotatable bonds is 4. The maximum absolute atomic E-state index is 12.6. The van der Waals surface area contributed by atoms with Crippen LogP contribution in [0.3, 0.4) is 0 Å². The minimum atomic E-state index is -3.56. The summed E-state index contributed by atoms with van der Waals surface area (Å²) in [7, 11) is -1.65. The van der Waals surface area contributed by atoms with Gasteiger partial charge in [-0.3, -0.25) is 0 Å². The monoisotopic (exact) mass is 372 g/mol. The molecule has 1 aromatic rings. The molecule has 1 N–H and O–H groups in total. The molecule has 0 amide bonds. The third kappa shape index (κ3) is 4.47. The van der Waals surface area contributed by atoms with Crippen molar-refractivity contribution in [2.75, 3.05) is 26.7 Å². The van der Waals surface area contributed by atoms with E-state index in [1.54, 1.807) is 6.07 Å². The predicted octanol–water partition coefficient (Wildman–Crippen LogP) is 3.04. The Morgan fingerprint density at radius 1 is 1.29 bits per heavy atom. The molecule has 1 aliphatic heterocycles. The first-order valence-corrected chi connectivity index (χ1v) is 8.74. The zero-order chi connectivity index (χ0) is 14.8. The van der Waals surface area contributed by atoms with E-state index in [1.165, 1.54) is 16.4 Å². The number of sulfonamides is 1. The fourth-order valence-corrected chi connectivity index (χ4v) is 4.66. The molecule has 4 nitrogen and oxygen atoms in total. The summed E-state index contributed by atoms with van der Waals surface area (Å²) in [5, 5.41) is 3.72. The van der Waals surface area contributed by atoms with Crippen molar-refractivity contribution in [1.82, 2.24) is 9.62 Å². The van der Waals surface area contributed by atoms with Gasteiger partial charge in [0.1, 0.15) is 4.90 Å². The first-order valence-electron chi connectivity index (χ1n) is 6.55. The summed E-state index contributed by atoms with van der Waals surface area (Å²) in [6.45, 7) is 1.97. The first-order chi connectivity index (χ1) is 9.45. The van der Waals surface area contributed by atoms with E-state index in [0.29, 0.717) is 24.0 Å². The Morgan fingerprint density at radius 2 is 1.90 bits per heavy atom. The molecular weight excluding hydrogens is 355 g/mol. The predicted molar refractivity (Wildman–Crippen MR) is 89.1 cm³/mol. The van der Waals surface area contributed by atoms with Crippen LogP contribution in [0.4, 0.5) is 0 Å². The maximum atomic E-state index is 12.6. The highest BCUT2D eigenvalue weighted by molar-refractivity contribution is 7.89. The van der Waals surface area contributed by atoms with E-state index in [2.05, 4.69) is 5.32 Å². The van der Waals surface area contributed by atoms with E-state index in [1.807, 2.05) is 7.05 Å². The molecule has 21 heavy (non-hydrogen) atoms. The minimum absolute atomic E-state index is 0. The molecule has 0 spiro atoms. The van der Waals surface area contributed by atoms with Gasteiger partial charge in [0.05, 0.1) is 5.02 Å². The third-order valence-corrected chi connectivity index (χ3v) is 6.19. The average Bonchev–Trinajstić information content (AvgIpc) is 2.42. The molecule has 0 bridgehead atoms. The SMILES string of the molecule is CNCC1CCN(S(=O)(=O)c2cc(Cl)ccc2Cl)CC1.Cl. The Morgan fingerprint density at radius 3 is 2.48 bits per heavy atom. The van der Waals surface area contributed by atoms with Crippen LogP contribution in [0.2, 0.25) is 10.0 Å². The van der Waals surface area contributed by atoms with E-state index in [4.69, 9.17) is 23.2 Å². The second-order valence-corrected chi connectivity index (χ2v) is 7.73. The number of benzene rings is 1. The molecule has 0 radical (unpaired) electrons. The van der Waals surface area contributed by atoms with Crippen LogP contribution in [0, 0.1) is 5.92 Å². The van der Waals surface area contributed by atoms with Crippen LogP contribution < -0.4 is 5.32 Å². The summed E-state index contributed by atoms with van der Waals surface area (Å²) in [6, 6.07) is 4.52. The molecule has 0 unspecified atom stereocenters. The average molecular weight is 374 g/mol. The highest BCUT2D eigenvalue weighted by atomic mass is 35.5. The normalized spacial score (nSPS) is 17.5. The minimum Gasteiger partial charge on any atom is -0.319 e. The Hall–Kier alpha value is -0.0400. The van der Waals surface area contributed by atoms with Gasteiger partial charge in [-0.05, 0) is 50.6 Å². The number of nitrogens with one attached hydrogen (secondary N) is 1. The largest absolute Gasteiger partial charge is 0.319 e. The van der Waals surface area contributed by atoms with Crippen molar-refractivity contribution in [3.63, 3.8) is 0 Å². The Labute approximate surface area is 142 Å².